The Kier molecular flexibility index (Phi) is 2.98. The highest BCUT2D eigenvalue weighted by molar-refractivity contribution is 5.98. The minimum atomic E-state index is -4.54. The quantitative estimate of drug-likeness (QED) is 0.882. The lowest BCUT2D eigenvalue weighted by atomic mass is 10.1. The number of carboxylic acids is 1. The van der Waals surface area contributed by atoms with Crippen molar-refractivity contribution >= 4 is 11.9 Å². The summed E-state index contributed by atoms with van der Waals surface area (Å²) in [5, 5.41) is 8.70. The number of carboxylic acid groups (broad SMARTS) is 1. The van der Waals surface area contributed by atoms with Crippen LogP contribution in [0.5, 0.6) is 0 Å². The van der Waals surface area contributed by atoms with E-state index in [1.165, 1.54) is 18.2 Å². The van der Waals surface area contributed by atoms with Crippen LogP contribution in [0.15, 0.2) is 29.3 Å². The van der Waals surface area contributed by atoms with Crippen molar-refractivity contribution < 1.29 is 27.8 Å². The maximum atomic E-state index is 12.7. The summed E-state index contributed by atoms with van der Waals surface area (Å²) in [4.78, 5) is 14.3. The van der Waals surface area contributed by atoms with Gasteiger partial charge in [-0.25, -0.2) is 9.79 Å². The van der Waals surface area contributed by atoms with Crippen molar-refractivity contribution in [3.63, 3.8) is 0 Å². The molecule has 0 fully saturated rings. The van der Waals surface area contributed by atoms with Gasteiger partial charge in [0, 0.05) is 5.56 Å². The fraction of sp³-hybridized carbons (Fsp3) is 0.273. The van der Waals surface area contributed by atoms with E-state index in [0.717, 1.165) is 6.07 Å². The average Bonchev–Trinajstić information content (AvgIpc) is 2.77. The molecule has 0 aliphatic carbocycles. The monoisotopic (exact) mass is 259 g/mol. The second-order valence-corrected chi connectivity index (χ2v) is 3.64. The van der Waals surface area contributed by atoms with E-state index in [0.29, 0.717) is 0 Å². The fourth-order valence-electron chi connectivity index (χ4n) is 1.56. The molecule has 96 valence electrons. The third-order valence-electron chi connectivity index (χ3n) is 2.40. The lowest BCUT2D eigenvalue weighted by molar-refractivity contribution is -0.139. The van der Waals surface area contributed by atoms with Gasteiger partial charge < -0.3 is 9.84 Å². The summed E-state index contributed by atoms with van der Waals surface area (Å²) in [6, 6.07) is 3.60. The predicted molar refractivity (Wildman–Crippen MR) is 55.4 cm³/mol. The molecule has 0 unspecified atom stereocenters. The standard InChI is InChI=1S/C11H8F3NO3/c12-11(13,14)7-4-2-1-3-6(7)9-15-8(5-18-9)10(16)17/h1-4,8H,5H2,(H,16,17)/t8-/m0/s1. The SMILES string of the molecule is O=C(O)[C@@H]1COC(c2ccccc2C(F)(F)F)=N1. The van der Waals surface area contributed by atoms with Crippen molar-refractivity contribution in [2.24, 2.45) is 4.99 Å². The molecule has 2 rings (SSSR count). The van der Waals surface area contributed by atoms with Crippen molar-refractivity contribution in [2.45, 2.75) is 12.2 Å². The van der Waals surface area contributed by atoms with Gasteiger partial charge in [0.15, 0.2) is 6.04 Å². The molecule has 0 aromatic heterocycles. The summed E-state index contributed by atoms with van der Waals surface area (Å²) in [6.45, 7) is -0.253. The maximum Gasteiger partial charge on any atom is 0.417 e. The van der Waals surface area contributed by atoms with E-state index in [2.05, 4.69) is 4.99 Å². The number of ether oxygens (including phenoxy) is 1. The molecule has 0 bridgehead atoms. The van der Waals surface area contributed by atoms with Crippen molar-refractivity contribution in [3.05, 3.63) is 35.4 Å². The smallest absolute Gasteiger partial charge is 0.417 e. The zero-order chi connectivity index (χ0) is 13.3. The van der Waals surface area contributed by atoms with Crippen molar-refractivity contribution in [1.29, 1.82) is 0 Å². The first-order valence-electron chi connectivity index (χ1n) is 4.99. The summed E-state index contributed by atoms with van der Waals surface area (Å²) in [6.07, 6.45) is -4.54. The van der Waals surface area contributed by atoms with Crippen LogP contribution in [0.2, 0.25) is 0 Å². The molecule has 1 aromatic rings. The number of alkyl halides is 3. The number of hydrogen-bond acceptors (Lipinski definition) is 3. The molecule has 1 aliphatic heterocycles. The highest BCUT2D eigenvalue weighted by Crippen LogP contribution is 2.33. The Hall–Kier alpha value is -2.05. The second kappa shape index (κ2) is 4.32. The molecule has 18 heavy (non-hydrogen) atoms. The molecule has 7 heteroatoms. The van der Waals surface area contributed by atoms with Crippen LogP contribution in [0.1, 0.15) is 11.1 Å². The van der Waals surface area contributed by atoms with Gasteiger partial charge in [-0.05, 0) is 12.1 Å². The predicted octanol–water partition coefficient (Wildman–Crippen LogP) is 1.94. The largest absolute Gasteiger partial charge is 0.480 e. The van der Waals surface area contributed by atoms with E-state index in [1.54, 1.807) is 0 Å². The number of aliphatic carboxylic acids is 1. The number of aliphatic imine (C=N–C) groups is 1. The molecule has 0 spiro atoms. The van der Waals surface area contributed by atoms with Gasteiger partial charge in [-0.2, -0.15) is 13.2 Å². The highest BCUT2D eigenvalue weighted by Gasteiger charge is 2.36. The van der Waals surface area contributed by atoms with Crippen LogP contribution in [0, 0.1) is 0 Å². The third-order valence-corrected chi connectivity index (χ3v) is 2.40. The van der Waals surface area contributed by atoms with Gasteiger partial charge in [0.1, 0.15) is 6.61 Å². The van der Waals surface area contributed by atoms with E-state index in [9.17, 15) is 18.0 Å². The van der Waals surface area contributed by atoms with E-state index in [1.807, 2.05) is 0 Å². The summed E-state index contributed by atoms with van der Waals surface area (Å²) in [7, 11) is 0. The number of benzene rings is 1. The molecule has 0 radical (unpaired) electrons. The van der Waals surface area contributed by atoms with E-state index < -0.39 is 23.8 Å². The summed E-state index contributed by atoms with van der Waals surface area (Å²) >= 11 is 0. The van der Waals surface area contributed by atoms with Gasteiger partial charge in [-0.15, -0.1) is 0 Å². The van der Waals surface area contributed by atoms with Crippen molar-refractivity contribution in [1.82, 2.24) is 0 Å². The molecule has 0 saturated heterocycles. The molecular formula is C11H8F3NO3. The maximum absolute atomic E-state index is 12.7. The summed E-state index contributed by atoms with van der Waals surface area (Å²) in [5.41, 5.74) is -1.14. The Morgan fingerprint density at radius 3 is 2.61 bits per heavy atom. The Balaban J connectivity index is 2.41. The Labute approximate surface area is 99.7 Å². The normalized spacial score (nSPS) is 19.3. The lowest BCUT2D eigenvalue weighted by Gasteiger charge is -2.11. The molecule has 0 amide bonds. The molecule has 1 N–H and O–H groups in total. The number of halogens is 3. The van der Waals surface area contributed by atoms with Crippen LogP contribution in [0.4, 0.5) is 13.2 Å². The zero-order valence-electron chi connectivity index (χ0n) is 8.94. The Morgan fingerprint density at radius 1 is 1.39 bits per heavy atom. The Morgan fingerprint density at radius 2 is 2.06 bits per heavy atom. The van der Waals surface area contributed by atoms with Gasteiger partial charge >= 0.3 is 12.1 Å². The fourth-order valence-corrected chi connectivity index (χ4v) is 1.56. The Bertz CT molecular complexity index is 511. The molecular weight excluding hydrogens is 251 g/mol. The number of nitrogens with zero attached hydrogens (tertiary/aromatic N) is 1. The first kappa shape index (κ1) is 12.4. The first-order chi connectivity index (χ1) is 8.39. The number of carbonyl (C=O) groups is 1. The van der Waals surface area contributed by atoms with E-state index in [-0.39, 0.29) is 18.1 Å². The van der Waals surface area contributed by atoms with E-state index in [4.69, 9.17) is 9.84 Å². The summed E-state index contributed by atoms with van der Waals surface area (Å²) in [5.74, 6) is -1.51. The molecule has 4 nitrogen and oxygen atoms in total. The van der Waals surface area contributed by atoms with Crippen LogP contribution in [0.25, 0.3) is 0 Å². The van der Waals surface area contributed by atoms with Crippen LogP contribution in [0.3, 0.4) is 0 Å². The minimum Gasteiger partial charge on any atom is -0.480 e. The molecule has 0 saturated carbocycles. The van der Waals surface area contributed by atoms with Gasteiger partial charge in [0.25, 0.3) is 0 Å². The van der Waals surface area contributed by atoms with Crippen molar-refractivity contribution in [2.75, 3.05) is 6.61 Å². The van der Waals surface area contributed by atoms with Gasteiger partial charge in [0.05, 0.1) is 5.56 Å². The zero-order valence-corrected chi connectivity index (χ0v) is 8.94. The first-order valence-corrected chi connectivity index (χ1v) is 4.99. The lowest BCUT2D eigenvalue weighted by Crippen LogP contribution is -2.18. The third kappa shape index (κ3) is 2.29. The minimum absolute atomic E-state index is 0.242. The molecule has 1 aromatic carbocycles. The number of rotatable bonds is 2. The average molecular weight is 259 g/mol. The van der Waals surface area contributed by atoms with Crippen LogP contribution >= 0.6 is 0 Å². The molecule has 1 atom stereocenters. The van der Waals surface area contributed by atoms with Gasteiger partial charge in [-0.1, -0.05) is 12.1 Å². The topological polar surface area (TPSA) is 58.9 Å². The number of hydrogen-bond donors (Lipinski definition) is 1. The molecule has 1 heterocycles. The highest BCUT2D eigenvalue weighted by atomic mass is 19.4. The van der Waals surface area contributed by atoms with Gasteiger partial charge in [0.2, 0.25) is 5.90 Å². The summed E-state index contributed by atoms with van der Waals surface area (Å²) < 4.78 is 43.1. The van der Waals surface area contributed by atoms with Crippen LogP contribution in [-0.4, -0.2) is 29.6 Å². The van der Waals surface area contributed by atoms with Gasteiger partial charge in [-0.3, -0.25) is 0 Å². The van der Waals surface area contributed by atoms with Crippen LogP contribution < -0.4 is 0 Å². The van der Waals surface area contributed by atoms with E-state index >= 15 is 0 Å². The molecule has 1 aliphatic rings. The van der Waals surface area contributed by atoms with Crippen LogP contribution in [-0.2, 0) is 15.7 Å². The second-order valence-electron chi connectivity index (χ2n) is 3.64. The van der Waals surface area contributed by atoms with Crippen molar-refractivity contribution in [3.8, 4) is 0 Å².